The van der Waals surface area contributed by atoms with Crippen LogP contribution in [0.3, 0.4) is 0 Å². The van der Waals surface area contributed by atoms with Gasteiger partial charge in [0.1, 0.15) is 12.1 Å². The number of ketones is 1. The standard InChI is InChI=1S/C11H13ClN2O4/c1-4-6-9(12)10(14-11(13-6)18-3)7(15)5-8(16)17-2/h4-5H2,1-3H3. The smallest absolute Gasteiger partial charge is 0.317 e. The molecule has 0 amide bonds. The molecule has 0 fully saturated rings. The zero-order chi connectivity index (χ0) is 13.7. The van der Waals surface area contributed by atoms with Crippen LogP contribution in [0.4, 0.5) is 0 Å². The van der Waals surface area contributed by atoms with Crippen molar-refractivity contribution in [1.82, 2.24) is 9.97 Å². The molecule has 0 unspecified atom stereocenters. The maximum Gasteiger partial charge on any atom is 0.317 e. The Morgan fingerprint density at radius 1 is 1.28 bits per heavy atom. The molecule has 0 atom stereocenters. The van der Waals surface area contributed by atoms with Crippen molar-refractivity contribution in [3.8, 4) is 6.01 Å². The van der Waals surface area contributed by atoms with Crippen LogP contribution >= 0.6 is 11.6 Å². The molecule has 98 valence electrons. The van der Waals surface area contributed by atoms with Crippen LogP contribution in [0, 0.1) is 0 Å². The minimum Gasteiger partial charge on any atom is -0.469 e. The van der Waals surface area contributed by atoms with Gasteiger partial charge in [0.05, 0.1) is 24.9 Å². The highest BCUT2D eigenvalue weighted by atomic mass is 35.5. The lowest BCUT2D eigenvalue weighted by atomic mass is 10.1. The Hall–Kier alpha value is -1.69. The second kappa shape index (κ2) is 6.30. The van der Waals surface area contributed by atoms with Crippen molar-refractivity contribution >= 4 is 23.4 Å². The summed E-state index contributed by atoms with van der Waals surface area (Å²) in [5, 5.41) is 0.146. The number of aromatic nitrogens is 2. The van der Waals surface area contributed by atoms with E-state index in [0.717, 1.165) is 0 Å². The lowest BCUT2D eigenvalue weighted by Crippen LogP contribution is -2.13. The van der Waals surface area contributed by atoms with E-state index >= 15 is 0 Å². The van der Waals surface area contributed by atoms with E-state index in [1.165, 1.54) is 14.2 Å². The molecule has 1 aromatic heterocycles. The first kappa shape index (κ1) is 14.4. The average molecular weight is 273 g/mol. The summed E-state index contributed by atoms with van der Waals surface area (Å²) in [5.41, 5.74) is 0.475. The van der Waals surface area contributed by atoms with E-state index in [9.17, 15) is 9.59 Å². The predicted octanol–water partition coefficient (Wildman–Crippen LogP) is 1.45. The van der Waals surface area contributed by atoms with Crippen molar-refractivity contribution in [3.05, 3.63) is 16.4 Å². The predicted molar refractivity (Wildman–Crippen MR) is 63.9 cm³/mol. The van der Waals surface area contributed by atoms with Crippen LogP contribution in [0.1, 0.15) is 29.5 Å². The maximum absolute atomic E-state index is 11.8. The molecule has 1 rings (SSSR count). The Bertz CT molecular complexity index is 476. The van der Waals surface area contributed by atoms with Gasteiger partial charge in [-0.3, -0.25) is 9.59 Å². The molecule has 0 spiro atoms. The second-order valence-electron chi connectivity index (χ2n) is 3.35. The average Bonchev–Trinajstić information content (AvgIpc) is 2.38. The fourth-order valence-corrected chi connectivity index (χ4v) is 1.59. The fraction of sp³-hybridized carbons (Fsp3) is 0.455. The van der Waals surface area contributed by atoms with Crippen LogP contribution in [0.25, 0.3) is 0 Å². The summed E-state index contributed by atoms with van der Waals surface area (Å²) in [7, 11) is 2.59. The quantitative estimate of drug-likeness (QED) is 0.459. The topological polar surface area (TPSA) is 78.4 Å². The van der Waals surface area contributed by atoms with Gasteiger partial charge < -0.3 is 9.47 Å². The molecule has 0 aliphatic heterocycles. The monoisotopic (exact) mass is 272 g/mol. The Morgan fingerprint density at radius 3 is 2.44 bits per heavy atom. The molecule has 0 saturated carbocycles. The van der Waals surface area contributed by atoms with E-state index in [4.69, 9.17) is 16.3 Å². The number of aryl methyl sites for hydroxylation is 1. The molecule has 0 aromatic carbocycles. The molecule has 0 bridgehead atoms. The number of nitrogens with zero attached hydrogens (tertiary/aromatic N) is 2. The van der Waals surface area contributed by atoms with Gasteiger partial charge in [0, 0.05) is 0 Å². The van der Waals surface area contributed by atoms with Gasteiger partial charge in [-0.2, -0.15) is 9.97 Å². The summed E-state index contributed by atoms with van der Waals surface area (Å²) in [4.78, 5) is 30.8. The van der Waals surface area contributed by atoms with Crippen LogP contribution in [0.2, 0.25) is 5.02 Å². The summed E-state index contributed by atoms with van der Waals surface area (Å²) >= 11 is 6.01. The Labute approximate surface area is 109 Å². The third-order valence-corrected chi connectivity index (χ3v) is 2.61. The molecule has 0 N–H and O–H groups in total. The van der Waals surface area contributed by atoms with Crippen LogP contribution in [-0.2, 0) is 16.0 Å². The fourth-order valence-electron chi connectivity index (χ4n) is 1.27. The highest BCUT2D eigenvalue weighted by Gasteiger charge is 2.21. The number of Topliss-reactive ketones (excluding diaryl/α,β-unsaturated/α-hetero) is 1. The minimum atomic E-state index is -0.647. The first-order valence-electron chi connectivity index (χ1n) is 5.23. The molecule has 0 aliphatic rings. The van der Waals surface area contributed by atoms with Gasteiger partial charge in [-0.25, -0.2) is 0 Å². The Morgan fingerprint density at radius 2 is 1.94 bits per heavy atom. The minimum absolute atomic E-state index is 0.0224. The number of carbonyl (C=O) groups excluding carboxylic acids is 2. The first-order valence-corrected chi connectivity index (χ1v) is 5.61. The SMILES string of the molecule is CCc1nc(OC)nc(C(=O)CC(=O)OC)c1Cl. The van der Waals surface area contributed by atoms with Gasteiger partial charge in [-0.1, -0.05) is 18.5 Å². The number of ether oxygens (including phenoxy) is 2. The van der Waals surface area contributed by atoms with Crippen molar-refractivity contribution in [2.24, 2.45) is 0 Å². The normalized spacial score (nSPS) is 10.0. The summed E-state index contributed by atoms with van der Waals surface area (Å²) in [6.07, 6.45) is 0.107. The van der Waals surface area contributed by atoms with E-state index < -0.39 is 18.2 Å². The number of hydrogen-bond acceptors (Lipinski definition) is 6. The highest BCUT2D eigenvalue weighted by molar-refractivity contribution is 6.34. The van der Waals surface area contributed by atoms with E-state index in [1.54, 1.807) is 0 Å². The summed E-state index contributed by atoms with van der Waals surface area (Å²) in [6, 6.07) is 0.0458. The number of hydrogen-bond donors (Lipinski definition) is 0. The molecular formula is C11H13ClN2O4. The lowest BCUT2D eigenvalue weighted by Gasteiger charge is -2.08. The van der Waals surface area contributed by atoms with E-state index in [0.29, 0.717) is 12.1 Å². The van der Waals surface area contributed by atoms with Gasteiger partial charge in [-0.05, 0) is 6.42 Å². The molecule has 18 heavy (non-hydrogen) atoms. The third-order valence-electron chi connectivity index (χ3n) is 2.21. The number of methoxy groups -OCH3 is 2. The molecule has 1 heterocycles. The number of esters is 1. The van der Waals surface area contributed by atoms with Gasteiger partial charge in [0.25, 0.3) is 0 Å². The van der Waals surface area contributed by atoms with Crippen LogP contribution in [0.15, 0.2) is 0 Å². The van der Waals surface area contributed by atoms with Crippen molar-refractivity contribution < 1.29 is 19.1 Å². The summed E-state index contributed by atoms with van der Waals surface area (Å²) in [6.45, 7) is 1.84. The highest BCUT2D eigenvalue weighted by Crippen LogP contribution is 2.22. The van der Waals surface area contributed by atoms with Gasteiger partial charge in [0.2, 0.25) is 0 Å². The van der Waals surface area contributed by atoms with Crippen molar-refractivity contribution in [2.75, 3.05) is 14.2 Å². The third kappa shape index (κ3) is 3.16. The van der Waals surface area contributed by atoms with Crippen LogP contribution in [-0.4, -0.2) is 35.9 Å². The Balaban J connectivity index is 3.14. The molecule has 7 heteroatoms. The van der Waals surface area contributed by atoms with E-state index in [2.05, 4.69) is 14.7 Å². The number of carbonyl (C=O) groups is 2. The molecule has 0 radical (unpaired) electrons. The molecule has 1 aromatic rings. The largest absolute Gasteiger partial charge is 0.469 e. The second-order valence-corrected chi connectivity index (χ2v) is 3.73. The zero-order valence-corrected chi connectivity index (χ0v) is 11.1. The van der Waals surface area contributed by atoms with Crippen molar-refractivity contribution in [2.45, 2.75) is 19.8 Å². The van der Waals surface area contributed by atoms with Gasteiger partial charge in [-0.15, -0.1) is 0 Å². The summed E-state index contributed by atoms with van der Waals surface area (Å²) < 4.78 is 9.30. The maximum atomic E-state index is 11.8. The molecule has 0 saturated heterocycles. The molecule has 0 aliphatic carbocycles. The van der Waals surface area contributed by atoms with Gasteiger partial charge in [0.15, 0.2) is 5.78 Å². The van der Waals surface area contributed by atoms with Crippen LogP contribution in [0.5, 0.6) is 6.01 Å². The van der Waals surface area contributed by atoms with E-state index in [1.807, 2.05) is 6.92 Å². The molecular weight excluding hydrogens is 260 g/mol. The van der Waals surface area contributed by atoms with Crippen LogP contribution < -0.4 is 4.74 Å². The van der Waals surface area contributed by atoms with E-state index in [-0.39, 0.29) is 16.7 Å². The summed E-state index contributed by atoms with van der Waals surface area (Å²) in [5.74, 6) is -1.17. The molecule has 6 nitrogen and oxygen atoms in total. The van der Waals surface area contributed by atoms with Crippen molar-refractivity contribution in [3.63, 3.8) is 0 Å². The Kier molecular flexibility index (Phi) is 5.03. The van der Waals surface area contributed by atoms with Crippen molar-refractivity contribution in [1.29, 1.82) is 0 Å². The lowest BCUT2D eigenvalue weighted by molar-refractivity contribution is -0.139. The number of halogens is 1. The first-order chi connectivity index (χ1) is 8.53. The van der Waals surface area contributed by atoms with Gasteiger partial charge >= 0.3 is 12.0 Å². The zero-order valence-electron chi connectivity index (χ0n) is 10.3. The number of rotatable bonds is 5.